The SMILES string of the molecule is N#CC(NS(=O)(=O)N1CCCCC1)C1CC1. The van der Waals surface area contributed by atoms with Crippen LogP contribution in [0.25, 0.3) is 0 Å². The summed E-state index contributed by atoms with van der Waals surface area (Å²) in [5.41, 5.74) is 0. The highest BCUT2D eigenvalue weighted by atomic mass is 32.2. The van der Waals surface area contributed by atoms with Gasteiger partial charge in [-0.05, 0) is 31.6 Å². The number of hydrogen-bond donors (Lipinski definition) is 1. The third-order valence-electron chi connectivity index (χ3n) is 3.16. The van der Waals surface area contributed by atoms with Gasteiger partial charge in [0.15, 0.2) is 0 Å². The van der Waals surface area contributed by atoms with E-state index in [4.69, 9.17) is 5.26 Å². The molecule has 90 valence electrons. The molecule has 0 amide bonds. The molecular formula is C10H17N3O2S. The van der Waals surface area contributed by atoms with E-state index in [2.05, 4.69) is 4.72 Å². The summed E-state index contributed by atoms with van der Waals surface area (Å²) in [5.74, 6) is 0.226. The maximum Gasteiger partial charge on any atom is 0.280 e. The Morgan fingerprint density at radius 2 is 1.88 bits per heavy atom. The van der Waals surface area contributed by atoms with Crippen LogP contribution in [0.2, 0.25) is 0 Å². The molecule has 2 rings (SSSR count). The van der Waals surface area contributed by atoms with Crippen molar-refractivity contribution in [2.45, 2.75) is 38.1 Å². The zero-order valence-corrected chi connectivity index (χ0v) is 10.0. The summed E-state index contributed by atoms with van der Waals surface area (Å²) in [6.07, 6.45) is 4.85. The fourth-order valence-electron chi connectivity index (χ4n) is 2.00. The van der Waals surface area contributed by atoms with Crippen molar-refractivity contribution in [3.63, 3.8) is 0 Å². The van der Waals surface area contributed by atoms with Gasteiger partial charge in [0.2, 0.25) is 0 Å². The molecule has 0 spiro atoms. The number of nitrogens with zero attached hydrogens (tertiary/aromatic N) is 2. The number of nitrogens with one attached hydrogen (secondary N) is 1. The van der Waals surface area contributed by atoms with Gasteiger partial charge in [-0.3, -0.25) is 0 Å². The van der Waals surface area contributed by atoms with Gasteiger partial charge in [0, 0.05) is 13.1 Å². The maximum absolute atomic E-state index is 12.0. The number of piperidine rings is 1. The summed E-state index contributed by atoms with van der Waals surface area (Å²) >= 11 is 0. The summed E-state index contributed by atoms with van der Waals surface area (Å²) in [5, 5.41) is 8.90. The molecular weight excluding hydrogens is 226 g/mol. The van der Waals surface area contributed by atoms with E-state index in [0.717, 1.165) is 32.1 Å². The molecule has 0 aromatic carbocycles. The molecule has 0 radical (unpaired) electrons. The van der Waals surface area contributed by atoms with E-state index in [1.165, 1.54) is 4.31 Å². The molecule has 1 aliphatic heterocycles. The van der Waals surface area contributed by atoms with Gasteiger partial charge in [-0.1, -0.05) is 6.42 Å². The minimum absolute atomic E-state index is 0.226. The van der Waals surface area contributed by atoms with E-state index >= 15 is 0 Å². The molecule has 1 atom stereocenters. The second-order valence-electron chi connectivity index (χ2n) is 4.53. The van der Waals surface area contributed by atoms with Gasteiger partial charge < -0.3 is 0 Å². The van der Waals surface area contributed by atoms with Crippen LogP contribution in [0.15, 0.2) is 0 Å². The van der Waals surface area contributed by atoms with Gasteiger partial charge in [-0.25, -0.2) is 0 Å². The van der Waals surface area contributed by atoms with Gasteiger partial charge >= 0.3 is 0 Å². The molecule has 6 heteroatoms. The fraction of sp³-hybridized carbons (Fsp3) is 0.900. The van der Waals surface area contributed by atoms with E-state index in [-0.39, 0.29) is 5.92 Å². The van der Waals surface area contributed by atoms with Crippen molar-refractivity contribution < 1.29 is 8.42 Å². The van der Waals surface area contributed by atoms with Crippen LogP contribution in [0.5, 0.6) is 0 Å². The lowest BCUT2D eigenvalue weighted by molar-refractivity contribution is 0.339. The van der Waals surface area contributed by atoms with Crippen molar-refractivity contribution in [2.75, 3.05) is 13.1 Å². The fourth-order valence-corrected chi connectivity index (χ4v) is 3.45. The lowest BCUT2D eigenvalue weighted by atomic mass is 10.2. The Morgan fingerprint density at radius 1 is 1.25 bits per heavy atom. The summed E-state index contributed by atoms with van der Waals surface area (Å²) in [6, 6.07) is 1.51. The third kappa shape index (κ3) is 2.73. The second-order valence-corrected chi connectivity index (χ2v) is 6.23. The lowest BCUT2D eigenvalue weighted by Gasteiger charge is -2.26. The predicted octanol–water partition coefficient (Wildman–Crippen LogP) is 0.609. The molecule has 1 unspecified atom stereocenters. The highest BCUT2D eigenvalue weighted by Gasteiger charge is 2.36. The Balaban J connectivity index is 1.98. The van der Waals surface area contributed by atoms with Gasteiger partial charge in [0.05, 0.1) is 6.07 Å². The molecule has 16 heavy (non-hydrogen) atoms. The quantitative estimate of drug-likeness (QED) is 0.786. The molecule has 0 aromatic heterocycles. The molecule has 1 heterocycles. The summed E-state index contributed by atoms with van der Waals surface area (Å²) in [4.78, 5) is 0. The van der Waals surface area contributed by atoms with Crippen LogP contribution in [0.1, 0.15) is 32.1 Å². The zero-order valence-electron chi connectivity index (χ0n) is 9.22. The van der Waals surface area contributed by atoms with Crippen molar-refractivity contribution >= 4 is 10.2 Å². The third-order valence-corrected chi connectivity index (χ3v) is 4.76. The van der Waals surface area contributed by atoms with Crippen molar-refractivity contribution in [1.82, 2.24) is 9.03 Å². The number of nitriles is 1. The van der Waals surface area contributed by atoms with E-state index in [0.29, 0.717) is 13.1 Å². The Kier molecular flexibility index (Phi) is 3.47. The van der Waals surface area contributed by atoms with Crippen molar-refractivity contribution in [3.8, 4) is 6.07 Å². The van der Waals surface area contributed by atoms with E-state index in [1.807, 2.05) is 6.07 Å². The highest BCUT2D eigenvalue weighted by Crippen LogP contribution is 2.32. The average molecular weight is 243 g/mol. The monoisotopic (exact) mass is 243 g/mol. The van der Waals surface area contributed by atoms with Crippen molar-refractivity contribution in [1.29, 1.82) is 5.26 Å². The van der Waals surface area contributed by atoms with Gasteiger partial charge in [0.1, 0.15) is 6.04 Å². The van der Waals surface area contributed by atoms with Crippen LogP contribution < -0.4 is 4.72 Å². The molecule has 1 saturated carbocycles. The molecule has 2 aliphatic rings. The predicted molar refractivity (Wildman–Crippen MR) is 59.6 cm³/mol. The molecule has 2 fully saturated rings. The Morgan fingerprint density at radius 3 is 2.38 bits per heavy atom. The van der Waals surface area contributed by atoms with E-state index < -0.39 is 16.3 Å². The van der Waals surface area contributed by atoms with Crippen molar-refractivity contribution in [2.24, 2.45) is 5.92 Å². The second kappa shape index (κ2) is 4.70. The normalized spacial score (nSPS) is 24.9. The maximum atomic E-state index is 12.0. The van der Waals surface area contributed by atoms with Crippen molar-refractivity contribution in [3.05, 3.63) is 0 Å². The largest absolute Gasteiger partial charge is 0.280 e. The van der Waals surface area contributed by atoms with Gasteiger partial charge in [-0.15, -0.1) is 0 Å². The van der Waals surface area contributed by atoms with E-state index in [9.17, 15) is 8.42 Å². The van der Waals surface area contributed by atoms with Crippen LogP contribution in [0, 0.1) is 17.2 Å². The Labute approximate surface area is 96.6 Å². The van der Waals surface area contributed by atoms with Crippen LogP contribution in [0.3, 0.4) is 0 Å². The standard InChI is InChI=1S/C10H17N3O2S/c11-8-10(9-4-5-9)12-16(14,15)13-6-2-1-3-7-13/h9-10,12H,1-7H2. The molecule has 1 N–H and O–H groups in total. The zero-order chi connectivity index (χ0) is 11.6. The van der Waals surface area contributed by atoms with Gasteiger partial charge in [-0.2, -0.15) is 22.7 Å². The van der Waals surface area contributed by atoms with Gasteiger partial charge in [0.25, 0.3) is 10.2 Å². The number of hydrogen-bond acceptors (Lipinski definition) is 3. The molecule has 1 saturated heterocycles. The Bertz CT molecular complexity index is 377. The molecule has 1 aliphatic carbocycles. The minimum atomic E-state index is -3.44. The summed E-state index contributed by atoms with van der Waals surface area (Å²) in [7, 11) is -3.44. The first-order chi connectivity index (χ1) is 7.63. The smallest absolute Gasteiger partial charge is 0.197 e. The minimum Gasteiger partial charge on any atom is -0.197 e. The first-order valence-electron chi connectivity index (χ1n) is 5.80. The van der Waals surface area contributed by atoms with Crippen LogP contribution >= 0.6 is 0 Å². The van der Waals surface area contributed by atoms with Crippen LogP contribution in [-0.4, -0.2) is 31.9 Å². The molecule has 0 aromatic rings. The molecule has 5 nitrogen and oxygen atoms in total. The Hall–Kier alpha value is -0.640. The summed E-state index contributed by atoms with van der Waals surface area (Å²) in [6.45, 7) is 1.16. The highest BCUT2D eigenvalue weighted by molar-refractivity contribution is 7.87. The molecule has 0 bridgehead atoms. The van der Waals surface area contributed by atoms with Crippen LogP contribution in [0.4, 0.5) is 0 Å². The first-order valence-corrected chi connectivity index (χ1v) is 7.24. The number of rotatable bonds is 4. The first kappa shape index (κ1) is 11.8. The van der Waals surface area contributed by atoms with E-state index in [1.54, 1.807) is 0 Å². The van der Waals surface area contributed by atoms with Crippen LogP contribution in [-0.2, 0) is 10.2 Å². The summed E-state index contributed by atoms with van der Waals surface area (Å²) < 4.78 is 27.9. The average Bonchev–Trinajstić information content (AvgIpc) is 3.11. The topological polar surface area (TPSA) is 73.2 Å². The lowest BCUT2D eigenvalue weighted by Crippen LogP contribution is -2.47.